The molecule has 0 saturated carbocycles. The predicted octanol–water partition coefficient (Wildman–Crippen LogP) is 3.71. The Morgan fingerprint density at radius 3 is 2.60 bits per heavy atom. The Balaban J connectivity index is 2.15. The molecule has 0 heterocycles. The van der Waals surface area contributed by atoms with E-state index >= 15 is 0 Å². The molecule has 0 radical (unpaired) electrons. The van der Waals surface area contributed by atoms with Gasteiger partial charge >= 0.3 is 0 Å². The second-order valence-electron chi connectivity index (χ2n) is 4.62. The van der Waals surface area contributed by atoms with Gasteiger partial charge in [-0.1, -0.05) is 40.2 Å². The lowest BCUT2D eigenvalue weighted by Gasteiger charge is -2.19. The van der Waals surface area contributed by atoms with Gasteiger partial charge in [0.15, 0.2) is 0 Å². The Morgan fingerprint density at radius 1 is 1.20 bits per heavy atom. The Bertz CT molecular complexity index is 542. The van der Waals surface area contributed by atoms with Gasteiger partial charge in [-0.3, -0.25) is 0 Å². The summed E-state index contributed by atoms with van der Waals surface area (Å²) < 4.78 is 6.24. The average Bonchev–Trinajstić information content (AvgIpc) is 2.47. The highest BCUT2D eigenvalue weighted by molar-refractivity contribution is 9.10. The number of rotatable bonds is 6. The summed E-state index contributed by atoms with van der Waals surface area (Å²) in [6, 6.07) is 16.5. The first-order valence-electron chi connectivity index (χ1n) is 6.53. The quantitative estimate of drug-likeness (QED) is 0.846. The first-order chi connectivity index (χ1) is 9.72. The van der Waals surface area contributed by atoms with Crippen molar-refractivity contribution in [2.75, 3.05) is 19.0 Å². The van der Waals surface area contributed by atoms with E-state index in [-0.39, 0.29) is 6.04 Å². The van der Waals surface area contributed by atoms with Gasteiger partial charge in [-0.15, -0.1) is 0 Å². The molecule has 2 aromatic rings. The molecule has 1 atom stereocenters. The van der Waals surface area contributed by atoms with Crippen LogP contribution in [-0.2, 0) is 11.3 Å². The van der Waals surface area contributed by atoms with Crippen molar-refractivity contribution in [1.82, 2.24) is 0 Å². The Labute approximate surface area is 128 Å². The molecule has 1 unspecified atom stereocenters. The van der Waals surface area contributed by atoms with E-state index in [4.69, 9.17) is 10.5 Å². The number of ether oxygens (including phenoxy) is 1. The SMILES string of the molecule is COCc1cccc(C(CN)Nc2ccc(Br)cc2)c1. The molecule has 0 amide bonds. The van der Waals surface area contributed by atoms with Crippen LogP contribution in [0.3, 0.4) is 0 Å². The Kier molecular flexibility index (Phi) is 5.59. The standard InChI is InChI=1S/C16H19BrN2O/c1-20-11-12-3-2-4-13(9-12)16(10-18)19-15-7-5-14(17)6-8-15/h2-9,16,19H,10-11,18H2,1H3. The molecule has 106 valence electrons. The molecule has 0 aromatic heterocycles. The molecule has 0 fully saturated rings. The van der Waals surface area contributed by atoms with Crippen molar-refractivity contribution in [3.63, 3.8) is 0 Å². The van der Waals surface area contributed by atoms with E-state index in [9.17, 15) is 0 Å². The molecule has 0 saturated heterocycles. The molecule has 2 aromatic carbocycles. The number of nitrogens with one attached hydrogen (secondary N) is 1. The average molecular weight is 335 g/mol. The molecule has 4 heteroatoms. The van der Waals surface area contributed by atoms with Crippen LogP contribution < -0.4 is 11.1 Å². The first kappa shape index (κ1) is 15.0. The van der Waals surface area contributed by atoms with Crippen molar-refractivity contribution >= 4 is 21.6 Å². The molecule has 3 nitrogen and oxygen atoms in total. The number of nitrogens with two attached hydrogens (primary N) is 1. The van der Waals surface area contributed by atoms with Crippen LogP contribution in [0.15, 0.2) is 53.0 Å². The molecule has 3 N–H and O–H groups in total. The highest BCUT2D eigenvalue weighted by Gasteiger charge is 2.10. The molecule has 0 aliphatic carbocycles. The maximum absolute atomic E-state index is 5.90. The van der Waals surface area contributed by atoms with Gasteiger partial charge in [0, 0.05) is 23.8 Å². The number of anilines is 1. The maximum Gasteiger partial charge on any atom is 0.0713 e. The fourth-order valence-corrected chi connectivity index (χ4v) is 2.36. The summed E-state index contributed by atoms with van der Waals surface area (Å²) >= 11 is 3.43. The summed E-state index contributed by atoms with van der Waals surface area (Å²) in [5.41, 5.74) is 9.28. The number of hydrogen-bond acceptors (Lipinski definition) is 3. The van der Waals surface area contributed by atoms with Gasteiger partial charge in [-0.25, -0.2) is 0 Å². The highest BCUT2D eigenvalue weighted by Crippen LogP contribution is 2.21. The van der Waals surface area contributed by atoms with Crippen LogP contribution in [0, 0.1) is 0 Å². The van der Waals surface area contributed by atoms with E-state index in [1.54, 1.807) is 7.11 Å². The van der Waals surface area contributed by atoms with E-state index in [1.165, 1.54) is 5.56 Å². The normalized spacial score (nSPS) is 12.2. The Morgan fingerprint density at radius 2 is 1.95 bits per heavy atom. The third kappa shape index (κ3) is 4.07. The lowest BCUT2D eigenvalue weighted by molar-refractivity contribution is 0.185. The zero-order valence-corrected chi connectivity index (χ0v) is 13.1. The monoisotopic (exact) mass is 334 g/mol. The van der Waals surface area contributed by atoms with E-state index in [1.807, 2.05) is 30.3 Å². The topological polar surface area (TPSA) is 47.3 Å². The molecule has 0 spiro atoms. The van der Waals surface area contributed by atoms with Gasteiger partial charge in [0.05, 0.1) is 12.6 Å². The van der Waals surface area contributed by atoms with Crippen molar-refractivity contribution < 1.29 is 4.74 Å². The Hall–Kier alpha value is -1.36. The fraction of sp³-hybridized carbons (Fsp3) is 0.250. The largest absolute Gasteiger partial charge is 0.380 e. The highest BCUT2D eigenvalue weighted by atomic mass is 79.9. The predicted molar refractivity (Wildman–Crippen MR) is 86.7 cm³/mol. The minimum absolute atomic E-state index is 0.0907. The molecule has 0 aliphatic heterocycles. The van der Waals surface area contributed by atoms with Gasteiger partial charge in [0.25, 0.3) is 0 Å². The van der Waals surface area contributed by atoms with E-state index in [0.29, 0.717) is 13.2 Å². The second-order valence-corrected chi connectivity index (χ2v) is 5.53. The zero-order chi connectivity index (χ0) is 14.4. The third-order valence-corrected chi connectivity index (χ3v) is 3.61. The zero-order valence-electron chi connectivity index (χ0n) is 11.5. The van der Waals surface area contributed by atoms with Crippen molar-refractivity contribution in [1.29, 1.82) is 0 Å². The molecular weight excluding hydrogens is 316 g/mol. The van der Waals surface area contributed by atoms with Crippen LogP contribution in [0.25, 0.3) is 0 Å². The summed E-state index contributed by atoms with van der Waals surface area (Å²) in [6.45, 7) is 1.15. The summed E-state index contributed by atoms with van der Waals surface area (Å²) in [5.74, 6) is 0. The molecule has 0 bridgehead atoms. The van der Waals surface area contributed by atoms with Crippen molar-refractivity contribution in [2.45, 2.75) is 12.6 Å². The summed E-state index contributed by atoms with van der Waals surface area (Å²) in [4.78, 5) is 0. The minimum Gasteiger partial charge on any atom is -0.380 e. The second kappa shape index (κ2) is 7.43. The van der Waals surface area contributed by atoms with Crippen molar-refractivity contribution in [2.24, 2.45) is 5.73 Å². The van der Waals surface area contributed by atoms with E-state index < -0.39 is 0 Å². The first-order valence-corrected chi connectivity index (χ1v) is 7.32. The van der Waals surface area contributed by atoms with E-state index in [2.05, 4.69) is 39.4 Å². The van der Waals surface area contributed by atoms with Crippen molar-refractivity contribution in [3.8, 4) is 0 Å². The van der Waals surface area contributed by atoms with E-state index in [0.717, 1.165) is 15.7 Å². The van der Waals surface area contributed by atoms with Gasteiger partial charge < -0.3 is 15.8 Å². The molecular formula is C16H19BrN2O. The van der Waals surface area contributed by atoms with Crippen LogP contribution in [0.4, 0.5) is 5.69 Å². The summed E-state index contributed by atoms with van der Waals surface area (Å²) in [6.07, 6.45) is 0. The van der Waals surface area contributed by atoms with Crippen LogP contribution in [0.1, 0.15) is 17.2 Å². The lowest BCUT2D eigenvalue weighted by atomic mass is 10.0. The smallest absolute Gasteiger partial charge is 0.0713 e. The maximum atomic E-state index is 5.90. The summed E-state index contributed by atoms with van der Waals surface area (Å²) in [5, 5.41) is 3.45. The van der Waals surface area contributed by atoms with Gasteiger partial charge in [0.2, 0.25) is 0 Å². The fourth-order valence-electron chi connectivity index (χ4n) is 2.09. The minimum atomic E-state index is 0.0907. The van der Waals surface area contributed by atoms with Gasteiger partial charge in [0.1, 0.15) is 0 Å². The van der Waals surface area contributed by atoms with Gasteiger partial charge in [-0.05, 0) is 35.4 Å². The van der Waals surface area contributed by atoms with Gasteiger partial charge in [-0.2, -0.15) is 0 Å². The lowest BCUT2D eigenvalue weighted by Crippen LogP contribution is -2.20. The summed E-state index contributed by atoms with van der Waals surface area (Å²) in [7, 11) is 1.70. The molecule has 20 heavy (non-hydrogen) atoms. The number of hydrogen-bond donors (Lipinski definition) is 2. The van der Waals surface area contributed by atoms with Crippen LogP contribution in [-0.4, -0.2) is 13.7 Å². The molecule has 0 aliphatic rings. The van der Waals surface area contributed by atoms with Crippen LogP contribution in [0.5, 0.6) is 0 Å². The third-order valence-electron chi connectivity index (χ3n) is 3.09. The molecule has 2 rings (SSSR count). The van der Waals surface area contributed by atoms with Crippen LogP contribution >= 0.6 is 15.9 Å². The van der Waals surface area contributed by atoms with Crippen LogP contribution in [0.2, 0.25) is 0 Å². The number of methoxy groups -OCH3 is 1. The number of benzene rings is 2. The van der Waals surface area contributed by atoms with Crippen molar-refractivity contribution in [3.05, 3.63) is 64.1 Å². The number of halogens is 1.